The highest BCUT2D eigenvalue weighted by Crippen LogP contribution is 2.17. The molecule has 0 spiro atoms. The predicted octanol–water partition coefficient (Wildman–Crippen LogP) is 1.66. The molecule has 122 valence electrons. The highest BCUT2D eigenvalue weighted by molar-refractivity contribution is 5.90. The van der Waals surface area contributed by atoms with Crippen LogP contribution in [-0.2, 0) is 0 Å². The summed E-state index contributed by atoms with van der Waals surface area (Å²) < 4.78 is 1.75. The van der Waals surface area contributed by atoms with Gasteiger partial charge in [-0.15, -0.1) is 5.10 Å². The Kier molecular flexibility index (Phi) is 4.17. The predicted molar refractivity (Wildman–Crippen MR) is 88.8 cm³/mol. The molecule has 23 heavy (non-hydrogen) atoms. The number of hydrogen-bond acceptors (Lipinski definition) is 4. The van der Waals surface area contributed by atoms with Crippen LogP contribution in [0.1, 0.15) is 28.4 Å². The molecule has 1 saturated heterocycles. The summed E-state index contributed by atoms with van der Waals surface area (Å²) in [6.45, 7) is 5.82. The summed E-state index contributed by atoms with van der Waals surface area (Å²) in [5, 5.41) is 4.45. The number of carbonyl (C=O) groups excluding carboxylic acids is 1. The van der Waals surface area contributed by atoms with Gasteiger partial charge in [0.1, 0.15) is 5.82 Å². The fourth-order valence-electron chi connectivity index (χ4n) is 3.06. The van der Waals surface area contributed by atoms with Crippen molar-refractivity contribution in [2.75, 3.05) is 27.2 Å². The van der Waals surface area contributed by atoms with E-state index >= 15 is 0 Å². The van der Waals surface area contributed by atoms with Crippen LogP contribution in [0.25, 0.3) is 5.69 Å². The quantitative estimate of drug-likeness (QED) is 0.865. The van der Waals surface area contributed by atoms with Gasteiger partial charge in [0, 0.05) is 19.6 Å². The maximum absolute atomic E-state index is 12.7. The number of aromatic nitrogens is 3. The SMILES string of the molecule is Cc1ccccc1-n1nc(C(=O)N(C)C2CCN(C)C2)nc1C. The lowest BCUT2D eigenvalue weighted by Crippen LogP contribution is -2.39. The Balaban J connectivity index is 1.86. The van der Waals surface area contributed by atoms with Crippen LogP contribution in [0.4, 0.5) is 0 Å². The molecule has 6 heteroatoms. The van der Waals surface area contributed by atoms with Crippen molar-refractivity contribution in [3.8, 4) is 5.69 Å². The molecule has 1 aliphatic rings. The molecule has 0 N–H and O–H groups in total. The molecule has 0 bridgehead atoms. The third-order valence-electron chi connectivity index (χ3n) is 4.54. The van der Waals surface area contributed by atoms with E-state index in [0.717, 1.165) is 36.6 Å². The first kappa shape index (κ1) is 15.7. The van der Waals surface area contributed by atoms with E-state index < -0.39 is 0 Å². The van der Waals surface area contributed by atoms with Gasteiger partial charge >= 0.3 is 0 Å². The normalized spacial score (nSPS) is 18.3. The second-order valence-corrected chi connectivity index (χ2v) is 6.30. The van der Waals surface area contributed by atoms with E-state index in [1.807, 2.05) is 45.2 Å². The molecule has 0 saturated carbocycles. The molecule has 1 atom stereocenters. The average molecular weight is 313 g/mol. The first-order chi connectivity index (χ1) is 11.0. The first-order valence-electron chi connectivity index (χ1n) is 7.92. The first-order valence-corrected chi connectivity index (χ1v) is 7.92. The number of carbonyl (C=O) groups is 1. The van der Waals surface area contributed by atoms with Crippen LogP contribution in [-0.4, -0.2) is 63.7 Å². The summed E-state index contributed by atoms with van der Waals surface area (Å²) in [7, 11) is 3.92. The zero-order chi connectivity index (χ0) is 16.6. The number of nitrogens with zero attached hydrogens (tertiary/aromatic N) is 5. The topological polar surface area (TPSA) is 54.3 Å². The van der Waals surface area contributed by atoms with Gasteiger partial charge in [0.25, 0.3) is 5.91 Å². The van der Waals surface area contributed by atoms with Gasteiger partial charge in [-0.1, -0.05) is 18.2 Å². The molecule has 3 rings (SSSR count). The molecule has 1 unspecified atom stereocenters. The Morgan fingerprint density at radius 2 is 2.04 bits per heavy atom. The minimum absolute atomic E-state index is 0.110. The molecule has 1 amide bonds. The van der Waals surface area contributed by atoms with Gasteiger partial charge in [-0.3, -0.25) is 4.79 Å². The summed E-state index contributed by atoms with van der Waals surface area (Å²) in [6.07, 6.45) is 0.996. The largest absolute Gasteiger partial charge is 0.335 e. The van der Waals surface area contributed by atoms with Crippen LogP contribution in [0.5, 0.6) is 0 Å². The molecule has 1 aliphatic heterocycles. The van der Waals surface area contributed by atoms with E-state index in [9.17, 15) is 4.79 Å². The molecule has 1 fully saturated rings. The number of likely N-dealkylation sites (N-methyl/N-ethyl adjacent to an activating group) is 2. The summed E-state index contributed by atoms with van der Waals surface area (Å²) in [6, 6.07) is 8.20. The Hall–Kier alpha value is -2.21. The monoisotopic (exact) mass is 313 g/mol. The van der Waals surface area contributed by atoms with Gasteiger partial charge in [0.05, 0.1) is 5.69 Å². The van der Waals surface area contributed by atoms with E-state index in [4.69, 9.17) is 0 Å². The summed E-state index contributed by atoms with van der Waals surface area (Å²) in [4.78, 5) is 21.1. The zero-order valence-corrected chi connectivity index (χ0v) is 14.2. The lowest BCUT2D eigenvalue weighted by Gasteiger charge is -2.22. The van der Waals surface area contributed by atoms with Crippen molar-refractivity contribution in [2.24, 2.45) is 0 Å². The number of hydrogen-bond donors (Lipinski definition) is 0. The molecule has 2 aromatic rings. The summed E-state index contributed by atoms with van der Waals surface area (Å²) in [5.41, 5.74) is 2.06. The van der Waals surface area contributed by atoms with Crippen molar-refractivity contribution >= 4 is 5.91 Å². The smallest absolute Gasteiger partial charge is 0.293 e. The van der Waals surface area contributed by atoms with Gasteiger partial charge in [-0.2, -0.15) is 0 Å². The van der Waals surface area contributed by atoms with Crippen molar-refractivity contribution in [2.45, 2.75) is 26.3 Å². The number of rotatable bonds is 3. The highest BCUT2D eigenvalue weighted by atomic mass is 16.2. The number of amides is 1. The van der Waals surface area contributed by atoms with Crippen molar-refractivity contribution in [3.05, 3.63) is 41.5 Å². The third-order valence-corrected chi connectivity index (χ3v) is 4.54. The molecule has 6 nitrogen and oxygen atoms in total. The number of likely N-dealkylation sites (tertiary alicyclic amines) is 1. The van der Waals surface area contributed by atoms with Crippen LogP contribution in [0.15, 0.2) is 24.3 Å². The summed E-state index contributed by atoms with van der Waals surface area (Å²) >= 11 is 0. The molecule has 1 aromatic heterocycles. The van der Waals surface area contributed by atoms with Crippen LogP contribution in [0.3, 0.4) is 0 Å². The molecular formula is C17H23N5O. The number of benzene rings is 1. The molecule has 0 radical (unpaired) electrons. The summed E-state index contributed by atoms with van der Waals surface area (Å²) in [5.74, 6) is 0.878. The van der Waals surface area contributed by atoms with Gasteiger partial charge in [-0.25, -0.2) is 9.67 Å². The standard InChI is InChI=1S/C17H23N5O/c1-12-7-5-6-8-15(12)22-13(2)18-16(19-22)17(23)21(4)14-9-10-20(3)11-14/h5-8,14H,9-11H2,1-4H3. The van der Waals surface area contributed by atoms with Crippen LogP contribution < -0.4 is 0 Å². The lowest BCUT2D eigenvalue weighted by atomic mass is 10.2. The van der Waals surface area contributed by atoms with Crippen LogP contribution in [0.2, 0.25) is 0 Å². The Morgan fingerprint density at radius 3 is 2.70 bits per heavy atom. The van der Waals surface area contributed by atoms with E-state index in [2.05, 4.69) is 22.0 Å². The maximum atomic E-state index is 12.7. The number of para-hydroxylation sites is 1. The lowest BCUT2D eigenvalue weighted by molar-refractivity contribution is 0.0725. The van der Waals surface area contributed by atoms with Crippen molar-refractivity contribution in [1.82, 2.24) is 24.6 Å². The van der Waals surface area contributed by atoms with E-state index in [0.29, 0.717) is 0 Å². The second-order valence-electron chi connectivity index (χ2n) is 6.30. The third kappa shape index (κ3) is 2.99. The fourth-order valence-corrected chi connectivity index (χ4v) is 3.06. The van der Waals surface area contributed by atoms with Crippen LogP contribution >= 0.6 is 0 Å². The molecular weight excluding hydrogens is 290 g/mol. The Bertz CT molecular complexity index is 724. The average Bonchev–Trinajstić information content (AvgIpc) is 3.12. The van der Waals surface area contributed by atoms with Crippen LogP contribution in [0, 0.1) is 13.8 Å². The van der Waals surface area contributed by atoms with E-state index in [-0.39, 0.29) is 17.8 Å². The highest BCUT2D eigenvalue weighted by Gasteiger charge is 2.29. The van der Waals surface area contributed by atoms with Crippen molar-refractivity contribution in [3.63, 3.8) is 0 Å². The van der Waals surface area contributed by atoms with Crippen molar-refractivity contribution < 1.29 is 4.79 Å². The van der Waals surface area contributed by atoms with Gasteiger partial charge < -0.3 is 9.80 Å². The minimum atomic E-state index is -0.110. The van der Waals surface area contributed by atoms with E-state index in [1.165, 1.54) is 0 Å². The fraction of sp³-hybridized carbons (Fsp3) is 0.471. The Morgan fingerprint density at radius 1 is 1.30 bits per heavy atom. The maximum Gasteiger partial charge on any atom is 0.293 e. The van der Waals surface area contributed by atoms with Gasteiger partial charge in [0.15, 0.2) is 0 Å². The molecule has 2 heterocycles. The van der Waals surface area contributed by atoms with E-state index in [1.54, 1.807) is 9.58 Å². The zero-order valence-electron chi connectivity index (χ0n) is 14.2. The molecule has 1 aromatic carbocycles. The van der Waals surface area contributed by atoms with Gasteiger partial charge in [-0.05, 0) is 45.5 Å². The number of aryl methyl sites for hydroxylation is 2. The molecule has 0 aliphatic carbocycles. The van der Waals surface area contributed by atoms with Crippen molar-refractivity contribution in [1.29, 1.82) is 0 Å². The minimum Gasteiger partial charge on any atom is -0.335 e. The Labute approximate surface area is 136 Å². The van der Waals surface area contributed by atoms with Gasteiger partial charge in [0.2, 0.25) is 5.82 Å². The second kappa shape index (κ2) is 6.12.